The molecular weight excluding hydrogens is 364 g/mol. The van der Waals surface area contributed by atoms with Crippen LogP contribution in [-0.2, 0) is 21.9 Å². The van der Waals surface area contributed by atoms with Crippen molar-refractivity contribution in [1.82, 2.24) is 19.7 Å². The summed E-state index contributed by atoms with van der Waals surface area (Å²) in [5.74, 6) is -1.31. The lowest BCUT2D eigenvalue weighted by Gasteiger charge is -2.15. The van der Waals surface area contributed by atoms with Gasteiger partial charge in [0.1, 0.15) is 6.04 Å². The molecule has 0 saturated carbocycles. The maximum Gasteiger partial charge on any atom is 0.326 e. The average Bonchev–Trinajstić information content (AvgIpc) is 2.77. The van der Waals surface area contributed by atoms with Gasteiger partial charge in [-0.2, -0.15) is 4.72 Å². The van der Waals surface area contributed by atoms with Crippen LogP contribution in [0.15, 0.2) is 40.0 Å². The van der Waals surface area contributed by atoms with E-state index in [2.05, 4.69) is 31.0 Å². The van der Waals surface area contributed by atoms with Crippen molar-refractivity contribution in [3.8, 4) is 0 Å². The number of carboxylic acids is 1. The zero-order chi connectivity index (χ0) is 15.6. The highest BCUT2D eigenvalue weighted by Crippen LogP contribution is 2.21. The third-order valence-corrected chi connectivity index (χ3v) is 4.95. The lowest BCUT2D eigenvalue weighted by molar-refractivity contribution is -0.139. The second kappa shape index (κ2) is 5.92. The Hall–Kier alpha value is -1.78. The Morgan fingerprint density at radius 2 is 2.00 bits per heavy atom. The molecule has 0 fully saturated rings. The number of halogens is 1. The number of rotatable bonds is 5. The van der Waals surface area contributed by atoms with Crippen molar-refractivity contribution in [3.05, 3.63) is 40.5 Å². The molecule has 0 amide bonds. The summed E-state index contributed by atoms with van der Waals surface area (Å²) in [7, 11) is -2.72. The molecule has 0 aliphatic heterocycles. The summed E-state index contributed by atoms with van der Waals surface area (Å²) in [6.07, 6.45) is 0. The Bertz CT molecular complexity index is 740. The Morgan fingerprint density at radius 3 is 2.48 bits per heavy atom. The zero-order valence-electron chi connectivity index (χ0n) is 10.8. The van der Waals surface area contributed by atoms with E-state index >= 15 is 0 Å². The zero-order valence-corrected chi connectivity index (χ0v) is 13.2. The fourth-order valence-corrected chi connectivity index (χ4v) is 4.00. The smallest absolute Gasteiger partial charge is 0.326 e. The van der Waals surface area contributed by atoms with Gasteiger partial charge in [0.05, 0.1) is 0 Å². The molecule has 0 saturated heterocycles. The number of sulfonamides is 1. The van der Waals surface area contributed by atoms with Crippen molar-refractivity contribution in [3.63, 3.8) is 0 Å². The van der Waals surface area contributed by atoms with Gasteiger partial charge in [0.25, 0.3) is 10.0 Å². The summed E-state index contributed by atoms with van der Waals surface area (Å²) >= 11 is 2.98. The predicted molar refractivity (Wildman–Crippen MR) is 75.8 cm³/mol. The first-order chi connectivity index (χ1) is 9.83. The van der Waals surface area contributed by atoms with Crippen LogP contribution in [0, 0.1) is 0 Å². The van der Waals surface area contributed by atoms with E-state index in [9.17, 15) is 18.3 Å². The van der Waals surface area contributed by atoms with Gasteiger partial charge in [-0.3, -0.25) is 4.79 Å². The standard InChI is InChI=1S/C11H11BrN4O4S/c1-16-10(9(12)13-15-16)21(19,20)14-8(11(17)18)7-5-3-2-4-6-7/h2-6,8,14H,1H3,(H,17,18)/t8-/m0/s1. The number of nitrogens with one attached hydrogen (secondary N) is 1. The number of carboxylic acid groups (broad SMARTS) is 1. The van der Waals surface area contributed by atoms with E-state index in [0.717, 1.165) is 4.68 Å². The fourth-order valence-electron chi connectivity index (χ4n) is 1.73. The first-order valence-electron chi connectivity index (χ1n) is 5.68. The highest BCUT2D eigenvalue weighted by atomic mass is 79.9. The number of carbonyl (C=O) groups is 1. The number of nitrogens with zero attached hydrogens (tertiary/aromatic N) is 3. The number of benzene rings is 1. The van der Waals surface area contributed by atoms with Crippen LogP contribution < -0.4 is 4.72 Å². The van der Waals surface area contributed by atoms with Crippen molar-refractivity contribution >= 4 is 31.9 Å². The van der Waals surface area contributed by atoms with E-state index in [-0.39, 0.29) is 9.63 Å². The van der Waals surface area contributed by atoms with Crippen LogP contribution in [0.25, 0.3) is 0 Å². The van der Waals surface area contributed by atoms with E-state index in [0.29, 0.717) is 5.56 Å². The SMILES string of the molecule is Cn1nnc(Br)c1S(=O)(=O)N[C@H](C(=O)O)c1ccccc1. The lowest BCUT2D eigenvalue weighted by atomic mass is 10.1. The minimum absolute atomic E-state index is 0.00898. The van der Waals surface area contributed by atoms with E-state index in [1.807, 2.05) is 0 Å². The lowest BCUT2D eigenvalue weighted by Crippen LogP contribution is -2.34. The summed E-state index contributed by atoms with van der Waals surface area (Å²) in [6, 6.07) is 6.61. The molecule has 112 valence electrons. The van der Waals surface area contributed by atoms with E-state index in [4.69, 9.17) is 0 Å². The van der Waals surface area contributed by atoms with Crippen molar-refractivity contribution < 1.29 is 18.3 Å². The molecule has 8 nitrogen and oxygen atoms in total. The monoisotopic (exact) mass is 374 g/mol. The molecule has 0 aliphatic carbocycles. The molecular formula is C11H11BrN4O4S. The van der Waals surface area contributed by atoms with Gasteiger partial charge in [-0.1, -0.05) is 35.5 Å². The molecule has 0 spiro atoms. The Morgan fingerprint density at radius 1 is 1.38 bits per heavy atom. The van der Waals surface area contributed by atoms with Crippen molar-refractivity contribution in [1.29, 1.82) is 0 Å². The van der Waals surface area contributed by atoms with E-state index in [1.165, 1.54) is 19.2 Å². The van der Waals surface area contributed by atoms with Crippen molar-refractivity contribution in [2.45, 2.75) is 11.1 Å². The number of hydrogen-bond acceptors (Lipinski definition) is 5. The Balaban J connectivity index is 2.40. The van der Waals surface area contributed by atoms with Crippen LogP contribution >= 0.6 is 15.9 Å². The molecule has 2 rings (SSSR count). The Kier molecular flexibility index (Phi) is 4.40. The number of aliphatic carboxylic acids is 1. The molecule has 1 atom stereocenters. The van der Waals surface area contributed by atoms with E-state index in [1.54, 1.807) is 18.2 Å². The molecule has 0 unspecified atom stereocenters. The second-order valence-electron chi connectivity index (χ2n) is 4.11. The first-order valence-corrected chi connectivity index (χ1v) is 7.96. The molecule has 1 aromatic heterocycles. The Labute approximate surface area is 129 Å². The highest BCUT2D eigenvalue weighted by molar-refractivity contribution is 9.10. The topological polar surface area (TPSA) is 114 Å². The van der Waals surface area contributed by atoms with Crippen LogP contribution in [0.3, 0.4) is 0 Å². The quantitative estimate of drug-likeness (QED) is 0.795. The molecule has 1 aromatic carbocycles. The number of aryl methyl sites for hydroxylation is 1. The molecule has 2 N–H and O–H groups in total. The summed E-state index contributed by atoms with van der Waals surface area (Å²) in [6.45, 7) is 0. The molecule has 1 heterocycles. The van der Waals surface area contributed by atoms with Crippen LogP contribution in [0.1, 0.15) is 11.6 Å². The van der Waals surface area contributed by atoms with Crippen LogP contribution in [-0.4, -0.2) is 34.5 Å². The molecule has 0 radical (unpaired) electrons. The van der Waals surface area contributed by atoms with Crippen molar-refractivity contribution in [2.24, 2.45) is 7.05 Å². The van der Waals surface area contributed by atoms with Crippen LogP contribution in [0.4, 0.5) is 0 Å². The average molecular weight is 375 g/mol. The van der Waals surface area contributed by atoms with Crippen LogP contribution in [0.2, 0.25) is 0 Å². The summed E-state index contributed by atoms with van der Waals surface area (Å²) in [5.41, 5.74) is 0.319. The molecule has 21 heavy (non-hydrogen) atoms. The normalized spacial score (nSPS) is 13.0. The number of hydrogen-bond donors (Lipinski definition) is 2. The van der Waals surface area contributed by atoms with Gasteiger partial charge in [-0.05, 0) is 21.5 Å². The van der Waals surface area contributed by atoms with Gasteiger partial charge >= 0.3 is 5.97 Å². The van der Waals surface area contributed by atoms with Crippen molar-refractivity contribution in [2.75, 3.05) is 0 Å². The first kappa shape index (κ1) is 15.6. The molecule has 2 aromatic rings. The third kappa shape index (κ3) is 3.28. The maximum atomic E-state index is 12.3. The van der Waals surface area contributed by atoms with Gasteiger partial charge in [-0.25, -0.2) is 13.1 Å². The summed E-state index contributed by atoms with van der Waals surface area (Å²) < 4.78 is 27.8. The van der Waals surface area contributed by atoms with Gasteiger partial charge in [-0.15, -0.1) is 5.10 Å². The minimum atomic E-state index is -4.11. The van der Waals surface area contributed by atoms with Gasteiger partial charge in [0, 0.05) is 7.05 Å². The highest BCUT2D eigenvalue weighted by Gasteiger charge is 2.31. The largest absolute Gasteiger partial charge is 0.480 e. The van der Waals surface area contributed by atoms with Gasteiger partial charge in [0.2, 0.25) is 5.03 Å². The summed E-state index contributed by atoms with van der Waals surface area (Å²) in [5, 5.41) is 16.1. The van der Waals surface area contributed by atoms with Gasteiger partial charge in [0.15, 0.2) is 4.60 Å². The van der Waals surface area contributed by atoms with Gasteiger partial charge < -0.3 is 5.11 Å². The number of aromatic nitrogens is 3. The maximum absolute atomic E-state index is 12.3. The van der Waals surface area contributed by atoms with Crippen LogP contribution in [0.5, 0.6) is 0 Å². The molecule has 0 bridgehead atoms. The third-order valence-electron chi connectivity index (χ3n) is 2.64. The molecule has 10 heteroatoms. The van der Waals surface area contributed by atoms with E-state index < -0.39 is 22.0 Å². The second-order valence-corrected chi connectivity index (χ2v) is 6.49. The minimum Gasteiger partial charge on any atom is -0.480 e. The molecule has 0 aliphatic rings. The predicted octanol–water partition coefficient (Wildman–Crippen LogP) is 0.682. The fraction of sp³-hybridized carbons (Fsp3) is 0.182. The summed E-state index contributed by atoms with van der Waals surface area (Å²) in [4.78, 5) is 11.3.